The van der Waals surface area contributed by atoms with Crippen molar-refractivity contribution in [1.82, 2.24) is 4.90 Å². The number of rotatable bonds is 7. The van der Waals surface area contributed by atoms with E-state index >= 15 is 0 Å². The van der Waals surface area contributed by atoms with Gasteiger partial charge in [0.15, 0.2) is 0 Å². The lowest BCUT2D eigenvalue weighted by molar-refractivity contribution is -0.0153. The van der Waals surface area contributed by atoms with Gasteiger partial charge in [0.25, 0.3) is 0 Å². The van der Waals surface area contributed by atoms with Crippen molar-refractivity contribution in [2.24, 2.45) is 11.8 Å². The molecule has 0 amide bonds. The van der Waals surface area contributed by atoms with Gasteiger partial charge in [0.05, 0.1) is 18.8 Å². The Labute approximate surface area is 112 Å². The Kier molecular flexibility index (Phi) is 5.46. The van der Waals surface area contributed by atoms with Crippen LogP contribution in [0.25, 0.3) is 0 Å². The number of hydrogen-bond donors (Lipinski definition) is 1. The Morgan fingerprint density at radius 1 is 1.22 bits per heavy atom. The molecule has 2 aliphatic carbocycles. The zero-order valence-electron chi connectivity index (χ0n) is 12.0. The molecule has 0 aromatic rings. The van der Waals surface area contributed by atoms with E-state index in [2.05, 4.69) is 18.9 Å². The minimum absolute atomic E-state index is 0.122. The molecule has 2 fully saturated rings. The van der Waals surface area contributed by atoms with Gasteiger partial charge >= 0.3 is 0 Å². The Morgan fingerprint density at radius 3 is 2.61 bits per heavy atom. The lowest BCUT2D eigenvalue weighted by atomic mass is 9.88. The molecule has 0 aliphatic heterocycles. The van der Waals surface area contributed by atoms with E-state index in [1.807, 2.05) is 0 Å². The van der Waals surface area contributed by atoms with Crippen molar-refractivity contribution in [2.75, 3.05) is 26.7 Å². The van der Waals surface area contributed by atoms with Crippen LogP contribution in [0.4, 0.5) is 0 Å². The van der Waals surface area contributed by atoms with Gasteiger partial charge in [0.2, 0.25) is 0 Å². The first-order valence-corrected chi connectivity index (χ1v) is 7.65. The fourth-order valence-electron chi connectivity index (χ4n) is 2.93. The predicted octanol–water partition coefficient (Wildman–Crippen LogP) is 2.28. The molecule has 3 heteroatoms. The van der Waals surface area contributed by atoms with E-state index in [9.17, 15) is 5.11 Å². The van der Waals surface area contributed by atoms with E-state index in [1.54, 1.807) is 0 Å². The standard InChI is InChI=1S/C15H29NO2/c1-12-5-3-4-6-15(12)18-10-9-16(2)11-14(17)13-7-8-13/h12-15,17H,3-11H2,1-2H3. The summed E-state index contributed by atoms with van der Waals surface area (Å²) in [5.74, 6) is 1.30. The van der Waals surface area contributed by atoms with Crippen molar-refractivity contribution < 1.29 is 9.84 Å². The van der Waals surface area contributed by atoms with E-state index in [0.717, 1.165) is 25.6 Å². The molecular weight excluding hydrogens is 226 g/mol. The molecule has 0 aromatic heterocycles. The van der Waals surface area contributed by atoms with Gasteiger partial charge in [-0.2, -0.15) is 0 Å². The molecule has 3 unspecified atom stereocenters. The molecule has 18 heavy (non-hydrogen) atoms. The summed E-state index contributed by atoms with van der Waals surface area (Å²) in [7, 11) is 2.08. The molecule has 0 heterocycles. The van der Waals surface area contributed by atoms with Gasteiger partial charge < -0.3 is 14.7 Å². The summed E-state index contributed by atoms with van der Waals surface area (Å²) in [6.07, 6.45) is 8.02. The highest BCUT2D eigenvalue weighted by molar-refractivity contribution is 4.82. The summed E-state index contributed by atoms with van der Waals surface area (Å²) in [6.45, 7) is 4.86. The fraction of sp³-hybridized carbons (Fsp3) is 1.00. The highest BCUT2D eigenvalue weighted by atomic mass is 16.5. The van der Waals surface area contributed by atoms with Gasteiger partial charge in [-0.1, -0.05) is 19.8 Å². The second-order valence-electron chi connectivity index (χ2n) is 6.34. The zero-order valence-corrected chi connectivity index (χ0v) is 12.0. The molecule has 0 saturated heterocycles. The van der Waals surface area contributed by atoms with Crippen molar-refractivity contribution in [2.45, 2.75) is 57.7 Å². The van der Waals surface area contributed by atoms with Crippen molar-refractivity contribution in [1.29, 1.82) is 0 Å². The van der Waals surface area contributed by atoms with Crippen LogP contribution in [0.15, 0.2) is 0 Å². The average molecular weight is 255 g/mol. The molecule has 0 radical (unpaired) electrons. The van der Waals surface area contributed by atoms with Gasteiger partial charge in [0.1, 0.15) is 0 Å². The predicted molar refractivity (Wildman–Crippen MR) is 73.6 cm³/mol. The SMILES string of the molecule is CC1CCCCC1OCCN(C)CC(O)C1CC1. The van der Waals surface area contributed by atoms with E-state index in [-0.39, 0.29) is 6.10 Å². The fourth-order valence-corrected chi connectivity index (χ4v) is 2.93. The highest BCUT2D eigenvalue weighted by Crippen LogP contribution is 2.32. The van der Waals surface area contributed by atoms with Crippen LogP contribution >= 0.6 is 0 Å². The topological polar surface area (TPSA) is 32.7 Å². The molecule has 3 atom stereocenters. The van der Waals surface area contributed by atoms with Crippen molar-refractivity contribution >= 4 is 0 Å². The van der Waals surface area contributed by atoms with Gasteiger partial charge in [-0.15, -0.1) is 0 Å². The summed E-state index contributed by atoms with van der Waals surface area (Å²) >= 11 is 0. The molecule has 0 bridgehead atoms. The molecule has 106 valence electrons. The van der Waals surface area contributed by atoms with Crippen LogP contribution in [-0.2, 0) is 4.74 Å². The quantitative estimate of drug-likeness (QED) is 0.757. The van der Waals surface area contributed by atoms with Crippen LogP contribution in [-0.4, -0.2) is 49.0 Å². The Hall–Kier alpha value is -0.120. The van der Waals surface area contributed by atoms with Gasteiger partial charge in [-0.3, -0.25) is 0 Å². The smallest absolute Gasteiger partial charge is 0.0695 e. The van der Waals surface area contributed by atoms with E-state index in [1.165, 1.54) is 38.5 Å². The van der Waals surface area contributed by atoms with Crippen LogP contribution in [0.1, 0.15) is 45.4 Å². The van der Waals surface area contributed by atoms with Gasteiger partial charge in [0, 0.05) is 13.1 Å². The number of aliphatic hydroxyl groups is 1. The third-order valence-electron chi connectivity index (χ3n) is 4.50. The lowest BCUT2D eigenvalue weighted by Gasteiger charge is -2.29. The molecule has 2 saturated carbocycles. The largest absolute Gasteiger partial charge is 0.392 e. The van der Waals surface area contributed by atoms with Gasteiger partial charge in [-0.25, -0.2) is 0 Å². The highest BCUT2D eigenvalue weighted by Gasteiger charge is 2.30. The van der Waals surface area contributed by atoms with E-state index in [0.29, 0.717) is 12.0 Å². The van der Waals surface area contributed by atoms with Gasteiger partial charge in [-0.05, 0) is 44.6 Å². The normalized spacial score (nSPS) is 30.7. The second kappa shape index (κ2) is 6.88. The molecule has 2 aliphatic rings. The maximum atomic E-state index is 9.87. The molecule has 3 nitrogen and oxygen atoms in total. The Morgan fingerprint density at radius 2 is 1.94 bits per heavy atom. The maximum absolute atomic E-state index is 9.87. The summed E-state index contributed by atoms with van der Waals surface area (Å²) in [4.78, 5) is 2.20. The number of nitrogens with zero attached hydrogens (tertiary/aromatic N) is 1. The molecular formula is C15H29NO2. The van der Waals surface area contributed by atoms with E-state index < -0.39 is 0 Å². The minimum Gasteiger partial charge on any atom is -0.392 e. The number of ether oxygens (including phenoxy) is 1. The van der Waals surface area contributed by atoms with Crippen LogP contribution in [0.3, 0.4) is 0 Å². The zero-order chi connectivity index (χ0) is 13.0. The minimum atomic E-state index is -0.122. The third kappa shape index (κ3) is 4.52. The number of hydrogen-bond acceptors (Lipinski definition) is 3. The maximum Gasteiger partial charge on any atom is 0.0695 e. The summed E-state index contributed by atoms with van der Waals surface area (Å²) < 4.78 is 6.00. The Balaban J connectivity index is 1.56. The van der Waals surface area contributed by atoms with Crippen LogP contribution in [0.2, 0.25) is 0 Å². The van der Waals surface area contributed by atoms with Crippen LogP contribution in [0, 0.1) is 11.8 Å². The third-order valence-corrected chi connectivity index (χ3v) is 4.50. The van der Waals surface area contributed by atoms with Crippen LogP contribution in [0.5, 0.6) is 0 Å². The van der Waals surface area contributed by atoms with Crippen molar-refractivity contribution in [3.05, 3.63) is 0 Å². The van der Waals surface area contributed by atoms with Crippen LogP contribution < -0.4 is 0 Å². The molecule has 0 spiro atoms. The molecule has 2 rings (SSSR count). The Bertz CT molecular complexity index is 243. The average Bonchev–Trinajstić information content (AvgIpc) is 3.15. The number of likely N-dealkylation sites (N-methyl/N-ethyl adjacent to an activating group) is 1. The van der Waals surface area contributed by atoms with Crippen molar-refractivity contribution in [3.63, 3.8) is 0 Å². The second-order valence-corrected chi connectivity index (χ2v) is 6.34. The molecule has 0 aromatic carbocycles. The van der Waals surface area contributed by atoms with Crippen molar-refractivity contribution in [3.8, 4) is 0 Å². The van der Waals surface area contributed by atoms with E-state index in [4.69, 9.17) is 4.74 Å². The first-order chi connectivity index (χ1) is 8.66. The first kappa shape index (κ1) is 14.3. The number of aliphatic hydroxyl groups excluding tert-OH is 1. The first-order valence-electron chi connectivity index (χ1n) is 7.65. The molecule has 1 N–H and O–H groups in total. The monoisotopic (exact) mass is 255 g/mol. The summed E-state index contributed by atoms with van der Waals surface area (Å²) in [5, 5.41) is 9.87. The lowest BCUT2D eigenvalue weighted by Crippen LogP contribution is -2.34. The summed E-state index contributed by atoms with van der Waals surface area (Å²) in [6, 6.07) is 0. The summed E-state index contributed by atoms with van der Waals surface area (Å²) in [5.41, 5.74) is 0.